The molecule has 2 aliphatic heterocycles. The van der Waals surface area contributed by atoms with Crippen molar-refractivity contribution in [2.75, 3.05) is 18.0 Å². The van der Waals surface area contributed by atoms with Crippen molar-refractivity contribution in [2.45, 2.75) is 50.7 Å². The van der Waals surface area contributed by atoms with E-state index in [1.807, 2.05) is 11.0 Å². The summed E-state index contributed by atoms with van der Waals surface area (Å²) >= 11 is 0. The van der Waals surface area contributed by atoms with Gasteiger partial charge in [0.2, 0.25) is 0 Å². The average molecular weight is 325 g/mol. The Morgan fingerprint density at radius 1 is 1.23 bits per heavy atom. The highest BCUT2D eigenvalue weighted by Gasteiger charge is 2.34. The van der Waals surface area contributed by atoms with Gasteiger partial charge in [-0.15, -0.1) is 12.4 Å². The topological polar surface area (TPSA) is 55.6 Å². The number of ether oxygens (including phenoxy) is 1. The van der Waals surface area contributed by atoms with Crippen LogP contribution in [0.25, 0.3) is 0 Å². The Hall–Kier alpha value is -1.10. The highest BCUT2D eigenvalue weighted by atomic mass is 35.5. The van der Waals surface area contributed by atoms with Crippen molar-refractivity contribution in [2.24, 2.45) is 5.73 Å². The van der Waals surface area contributed by atoms with Crippen LogP contribution < -0.4 is 10.6 Å². The van der Waals surface area contributed by atoms with Gasteiger partial charge in [-0.1, -0.05) is 24.6 Å². The molecule has 0 bridgehead atoms. The van der Waals surface area contributed by atoms with E-state index in [2.05, 4.69) is 18.2 Å². The fourth-order valence-electron chi connectivity index (χ4n) is 3.33. The first-order valence-corrected chi connectivity index (χ1v) is 8.04. The van der Waals surface area contributed by atoms with E-state index in [4.69, 9.17) is 10.5 Å². The zero-order chi connectivity index (χ0) is 14.7. The van der Waals surface area contributed by atoms with Gasteiger partial charge < -0.3 is 15.4 Å². The van der Waals surface area contributed by atoms with Gasteiger partial charge in [-0.3, -0.25) is 4.79 Å². The fourth-order valence-corrected chi connectivity index (χ4v) is 3.33. The third-order valence-electron chi connectivity index (χ3n) is 4.52. The van der Waals surface area contributed by atoms with Gasteiger partial charge in [-0.05, 0) is 43.7 Å². The van der Waals surface area contributed by atoms with E-state index < -0.39 is 0 Å². The number of hydrogen-bond acceptors (Lipinski definition) is 3. The Kier molecular flexibility index (Phi) is 6.24. The molecule has 0 saturated carbocycles. The van der Waals surface area contributed by atoms with E-state index >= 15 is 0 Å². The molecule has 1 amide bonds. The molecule has 1 fully saturated rings. The van der Waals surface area contributed by atoms with Crippen LogP contribution in [0.1, 0.15) is 37.7 Å². The summed E-state index contributed by atoms with van der Waals surface area (Å²) < 4.78 is 5.80. The number of nitrogens with zero attached hydrogens (tertiary/aromatic N) is 1. The molecule has 122 valence electrons. The second-order valence-corrected chi connectivity index (χ2v) is 5.99. The number of amides is 1. The molecule has 1 saturated heterocycles. The van der Waals surface area contributed by atoms with Crippen molar-refractivity contribution in [3.05, 3.63) is 29.8 Å². The minimum Gasteiger partial charge on any atom is -0.364 e. The Morgan fingerprint density at radius 3 is 2.82 bits per heavy atom. The number of hydrogen-bond donors (Lipinski definition) is 1. The normalized spacial score (nSPS) is 24.9. The fraction of sp³-hybridized carbons (Fsp3) is 0.588. The highest BCUT2D eigenvalue weighted by molar-refractivity contribution is 5.97. The lowest BCUT2D eigenvalue weighted by molar-refractivity contribution is -0.129. The molecule has 2 aliphatic rings. The Morgan fingerprint density at radius 2 is 2.05 bits per heavy atom. The molecule has 1 aromatic rings. The van der Waals surface area contributed by atoms with Gasteiger partial charge in [0, 0.05) is 18.8 Å². The zero-order valence-corrected chi connectivity index (χ0v) is 13.7. The molecule has 4 nitrogen and oxygen atoms in total. The number of anilines is 1. The number of halogens is 1. The maximum Gasteiger partial charge on any atom is 0.256 e. The molecule has 0 radical (unpaired) electrons. The van der Waals surface area contributed by atoms with Crippen molar-refractivity contribution in [3.8, 4) is 0 Å². The first-order valence-electron chi connectivity index (χ1n) is 8.04. The van der Waals surface area contributed by atoms with Crippen molar-refractivity contribution in [1.29, 1.82) is 0 Å². The van der Waals surface area contributed by atoms with Crippen LogP contribution in [0.5, 0.6) is 0 Å². The van der Waals surface area contributed by atoms with E-state index in [0.29, 0.717) is 6.54 Å². The summed E-state index contributed by atoms with van der Waals surface area (Å²) in [5.74, 6) is 0.111. The quantitative estimate of drug-likeness (QED) is 0.910. The maximum atomic E-state index is 12.8. The lowest BCUT2D eigenvalue weighted by atomic mass is 10.0. The van der Waals surface area contributed by atoms with Crippen LogP contribution in [-0.2, 0) is 16.0 Å². The summed E-state index contributed by atoms with van der Waals surface area (Å²) in [7, 11) is 0. The molecule has 2 N–H and O–H groups in total. The van der Waals surface area contributed by atoms with Gasteiger partial charge in [-0.25, -0.2) is 0 Å². The third-order valence-corrected chi connectivity index (χ3v) is 4.52. The lowest BCUT2D eigenvalue weighted by Crippen LogP contribution is -2.41. The smallest absolute Gasteiger partial charge is 0.256 e. The minimum absolute atomic E-state index is 0. The summed E-state index contributed by atoms with van der Waals surface area (Å²) in [6, 6.07) is 8.27. The van der Waals surface area contributed by atoms with Gasteiger partial charge in [-0.2, -0.15) is 0 Å². The van der Waals surface area contributed by atoms with Crippen molar-refractivity contribution in [1.82, 2.24) is 0 Å². The summed E-state index contributed by atoms with van der Waals surface area (Å²) in [5, 5.41) is 0. The van der Waals surface area contributed by atoms with Crippen LogP contribution in [0, 0.1) is 0 Å². The molecule has 0 aliphatic carbocycles. The minimum atomic E-state index is -0.314. The maximum absolute atomic E-state index is 12.8. The van der Waals surface area contributed by atoms with E-state index in [-0.39, 0.29) is 30.5 Å². The predicted molar refractivity (Wildman–Crippen MR) is 90.5 cm³/mol. The van der Waals surface area contributed by atoms with Crippen LogP contribution in [-0.4, -0.2) is 31.2 Å². The van der Waals surface area contributed by atoms with Gasteiger partial charge >= 0.3 is 0 Å². The number of benzene rings is 1. The largest absolute Gasteiger partial charge is 0.364 e. The molecule has 0 aromatic heterocycles. The molecule has 0 spiro atoms. The molecule has 1 aromatic carbocycles. The molecule has 22 heavy (non-hydrogen) atoms. The molecule has 2 atom stereocenters. The van der Waals surface area contributed by atoms with Crippen molar-refractivity contribution >= 4 is 24.0 Å². The average Bonchev–Trinajstić information content (AvgIpc) is 2.97. The molecular weight excluding hydrogens is 300 g/mol. The van der Waals surface area contributed by atoms with Crippen molar-refractivity contribution < 1.29 is 9.53 Å². The third kappa shape index (κ3) is 3.62. The number of carbonyl (C=O) groups excluding carboxylic acids is 1. The number of para-hydroxylation sites is 1. The van der Waals surface area contributed by atoms with E-state index in [0.717, 1.165) is 37.9 Å². The van der Waals surface area contributed by atoms with Crippen LogP contribution in [0.2, 0.25) is 0 Å². The molecule has 5 heteroatoms. The van der Waals surface area contributed by atoms with Gasteiger partial charge in [0.25, 0.3) is 5.91 Å². The number of carbonyl (C=O) groups is 1. The Labute approximate surface area is 138 Å². The molecule has 3 rings (SSSR count). The summed E-state index contributed by atoms with van der Waals surface area (Å²) in [6.45, 7) is 1.30. The Bertz CT molecular complexity index is 509. The monoisotopic (exact) mass is 324 g/mol. The van der Waals surface area contributed by atoms with Gasteiger partial charge in [0.1, 0.15) is 6.10 Å². The summed E-state index contributed by atoms with van der Waals surface area (Å²) in [5.41, 5.74) is 8.00. The van der Waals surface area contributed by atoms with E-state index in [9.17, 15) is 4.79 Å². The van der Waals surface area contributed by atoms with E-state index in [1.165, 1.54) is 18.4 Å². The number of rotatable bonds is 2. The van der Waals surface area contributed by atoms with Gasteiger partial charge in [0.15, 0.2) is 0 Å². The number of fused-ring (bicyclic) bond motifs is 1. The molecular formula is C17H25ClN2O2. The molecule has 2 heterocycles. The lowest BCUT2D eigenvalue weighted by Gasteiger charge is -2.29. The number of aryl methyl sites for hydroxylation is 1. The van der Waals surface area contributed by atoms with Crippen LogP contribution >= 0.6 is 12.4 Å². The second-order valence-electron chi connectivity index (χ2n) is 5.99. The highest BCUT2D eigenvalue weighted by Crippen LogP contribution is 2.29. The van der Waals surface area contributed by atoms with Crippen LogP contribution in [0.15, 0.2) is 24.3 Å². The van der Waals surface area contributed by atoms with Crippen LogP contribution in [0.4, 0.5) is 5.69 Å². The predicted octanol–water partition coefficient (Wildman–Crippen LogP) is 2.67. The molecule has 0 unspecified atom stereocenters. The Balaban J connectivity index is 0.00000176. The van der Waals surface area contributed by atoms with Gasteiger partial charge in [0.05, 0.1) is 6.10 Å². The standard InChI is InChI=1S/C17H24N2O2.ClH/c18-12-14-9-10-16(21-14)17(20)19-11-5-1-2-6-13-7-3-4-8-15(13)19;/h3-4,7-8,14,16H,1-2,5-6,9-12,18H2;1H/t14-,16+;/m1./s1. The zero-order valence-electron chi connectivity index (χ0n) is 12.9. The first kappa shape index (κ1) is 17.3. The van der Waals surface area contributed by atoms with E-state index in [1.54, 1.807) is 0 Å². The first-order chi connectivity index (χ1) is 10.3. The summed E-state index contributed by atoms with van der Waals surface area (Å²) in [4.78, 5) is 14.8. The van der Waals surface area contributed by atoms with Crippen LogP contribution in [0.3, 0.4) is 0 Å². The number of nitrogens with two attached hydrogens (primary N) is 1. The summed E-state index contributed by atoms with van der Waals surface area (Å²) in [6.07, 6.45) is 5.91. The second kappa shape index (κ2) is 7.95. The SMILES string of the molecule is Cl.NC[C@H]1CC[C@@H](C(=O)N2CCCCCc3ccccc32)O1. The van der Waals surface area contributed by atoms with Crippen molar-refractivity contribution in [3.63, 3.8) is 0 Å².